The molecule has 0 saturated carbocycles. The lowest BCUT2D eigenvalue weighted by Gasteiger charge is -2.17. The summed E-state index contributed by atoms with van der Waals surface area (Å²) in [6.45, 7) is 0. The number of aromatic carboxylic acids is 1. The fourth-order valence-electron chi connectivity index (χ4n) is 3.58. The quantitative estimate of drug-likeness (QED) is 0.373. The van der Waals surface area contributed by atoms with Gasteiger partial charge >= 0.3 is 5.97 Å². The van der Waals surface area contributed by atoms with E-state index in [2.05, 4.69) is 4.72 Å². The molecule has 0 unspecified atom stereocenters. The maximum atomic E-state index is 13.7. The van der Waals surface area contributed by atoms with Gasteiger partial charge in [-0.1, -0.05) is 36.4 Å². The molecule has 9 heteroatoms. The third kappa shape index (κ3) is 4.18. The topological polar surface area (TPSA) is 113 Å². The molecule has 0 heterocycles. The number of benzene rings is 4. The lowest BCUT2D eigenvalue weighted by atomic mass is 9.99. The summed E-state index contributed by atoms with van der Waals surface area (Å²) in [4.78, 5) is 11.2. The molecule has 0 aliphatic rings. The second-order valence-corrected chi connectivity index (χ2v) is 8.80. The Kier molecular flexibility index (Phi) is 5.65. The Balaban J connectivity index is 1.92. The predicted octanol–water partition coefficient (Wildman–Crippen LogP) is 4.86. The highest BCUT2D eigenvalue weighted by Gasteiger charge is 2.23. The van der Waals surface area contributed by atoms with Crippen molar-refractivity contribution in [2.45, 2.75) is 4.90 Å². The molecule has 33 heavy (non-hydrogen) atoms. The molecule has 7 nitrogen and oxygen atoms in total. The SMILES string of the molecule is COc1c(-c2ccc(O)cc2)cc(S(=O)(=O)Nc2ccc(F)c(C(=O)O)c2)c2ccccc12. The molecule has 0 bridgehead atoms. The molecule has 0 aliphatic heterocycles. The van der Waals surface area contributed by atoms with Gasteiger partial charge < -0.3 is 14.9 Å². The average molecular weight is 467 g/mol. The predicted molar refractivity (Wildman–Crippen MR) is 122 cm³/mol. The number of fused-ring (bicyclic) bond motifs is 1. The molecule has 0 radical (unpaired) electrons. The first-order chi connectivity index (χ1) is 15.7. The molecule has 3 N–H and O–H groups in total. The molecular formula is C24H18FNO6S. The number of rotatable bonds is 6. The van der Waals surface area contributed by atoms with Gasteiger partial charge in [0.15, 0.2) is 0 Å². The monoisotopic (exact) mass is 467 g/mol. The highest BCUT2D eigenvalue weighted by Crippen LogP contribution is 2.41. The zero-order chi connectivity index (χ0) is 23.8. The third-order valence-electron chi connectivity index (χ3n) is 5.08. The maximum Gasteiger partial charge on any atom is 0.338 e. The fourth-order valence-corrected chi connectivity index (χ4v) is 4.86. The van der Waals surface area contributed by atoms with E-state index in [-0.39, 0.29) is 16.3 Å². The number of carbonyl (C=O) groups is 1. The van der Waals surface area contributed by atoms with Crippen molar-refractivity contribution < 1.29 is 32.6 Å². The zero-order valence-electron chi connectivity index (χ0n) is 17.2. The second-order valence-electron chi connectivity index (χ2n) is 7.15. The van der Waals surface area contributed by atoms with Gasteiger partial charge in [-0.05, 0) is 42.0 Å². The summed E-state index contributed by atoms with van der Waals surface area (Å²) in [6.07, 6.45) is 0. The van der Waals surface area contributed by atoms with E-state index in [4.69, 9.17) is 9.84 Å². The molecule has 0 aromatic heterocycles. The normalized spacial score (nSPS) is 11.3. The lowest BCUT2D eigenvalue weighted by molar-refractivity contribution is 0.0692. The Labute approximate surface area is 188 Å². The minimum Gasteiger partial charge on any atom is -0.508 e. The first-order valence-electron chi connectivity index (χ1n) is 9.66. The Hall–Kier alpha value is -4.11. The van der Waals surface area contributed by atoms with Gasteiger partial charge in [-0.15, -0.1) is 0 Å². The molecule has 0 amide bonds. The van der Waals surface area contributed by atoms with Gasteiger partial charge in [-0.25, -0.2) is 17.6 Å². The maximum absolute atomic E-state index is 13.7. The van der Waals surface area contributed by atoms with Crippen molar-refractivity contribution in [3.63, 3.8) is 0 Å². The van der Waals surface area contributed by atoms with Crippen LogP contribution in [0.15, 0.2) is 77.7 Å². The Morgan fingerprint density at radius 1 is 0.970 bits per heavy atom. The molecule has 0 aliphatic carbocycles. The van der Waals surface area contributed by atoms with Crippen molar-refractivity contribution in [2.24, 2.45) is 0 Å². The molecule has 0 saturated heterocycles. The molecule has 4 aromatic rings. The number of carboxylic acids is 1. The highest BCUT2D eigenvalue weighted by molar-refractivity contribution is 7.93. The number of carboxylic acid groups (broad SMARTS) is 1. The van der Waals surface area contributed by atoms with Crippen LogP contribution in [0.25, 0.3) is 21.9 Å². The standard InChI is InChI=1S/C24H18FNO6S/c1-32-23-18-5-3-2-4-17(18)22(13-19(23)14-6-9-16(27)10-7-14)33(30,31)26-15-8-11-21(25)20(12-15)24(28)29/h2-13,26-27H,1H3,(H,28,29). The Morgan fingerprint density at radius 2 is 1.64 bits per heavy atom. The van der Waals surface area contributed by atoms with Crippen LogP contribution in [0.4, 0.5) is 10.1 Å². The van der Waals surface area contributed by atoms with E-state index in [0.717, 1.165) is 18.2 Å². The van der Waals surface area contributed by atoms with Gasteiger partial charge in [0.1, 0.15) is 17.3 Å². The van der Waals surface area contributed by atoms with Crippen molar-refractivity contribution in [3.8, 4) is 22.6 Å². The van der Waals surface area contributed by atoms with Crippen LogP contribution in [0.1, 0.15) is 10.4 Å². The number of hydrogen-bond donors (Lipinski definition) is 3. The second kappa shape index (κ2) is 8.44. The number of aromatic hydroxyl groups is 1. The first kappa shape index (κ1) is 22.1. The van der Waals surface area contributed by atoms with Crippen LogP contribution in [-0.2, 0) is 10.0 Å². The van der Waals surface area contributed by atoms with E-state index in [1.165, 1.54) is 25.3 Å². The molecule has 4 rings (SSSR count). The summed E-state index contributed by atoms with van der Waals surface area (Å²) < 4.78 is 48.5. The summed E-state index contributed by atoms with van der Waals surface area (Å²) in [5.74, 6) is -1.99. The van der Waals surface area contributed by atoms with Gasteiger partial charge in [0, 0.05) is 22.0 Å². The number of nitrogens with one attached hydrogen (secondary N) is 1. The van der Waals surface area contributed by atoms with E-state index in [9.17, 15) is 22.7 Å². The third-order valence-corrected chi connectivity index (χ3v) is 6.50. The molecule has 168 valence electrons. The Morgan fingerprint density at radius 3 is 2.27 bits per heavy atom. The number of ether oxygens (including phenoxy) is 1. The van der Waals surface area contributed by atoms with Crippen molar-refractivity contribution in [1.29, 1.82) is 0 Å². The van der Waals surface area contributed by atoms with Gasteiger partial charge in [0.25, 0.3) is 10.0 Å². The van der Waals surface area contributed by atoms with Gasteiger partial charge in [0.2, 0.25) is 0 Å². The lowest BCUT2D eigenvalue weighted by Crippen LogP contribution is -2.15. The minimum absolute atomic E-state index is 0.0542. The molecular weight excluding hydrogens is 449 g/mol. The van der Waals surface area contributed by atoms with Crippen LogP contribution in [0.2, 0.25) is 0 Å². The number of methoxy groups -OCH3 is 1. The van der Waals surface area contributed by atoms with Crippen LogP contribution in [-0.4, -0.2) is 31.7 Å². The fraction of sp³-hybridized carbons (Fsp3) is 0.0417. The number of phenolic OH excluding ortho intramolecular Hbond substituents is 1. The van der Waals surface area contributed by atoms with E-state index < -0.39 is 27.4 Å². The van der Waals surface area contributed by atoms with E-state index in [1.54, 1.807) is 36.4 Å². The molecule has 0 atom stereocenters. The summed E-state index contributed by atoms with van der Waals surface area (Å²) in [5, 5.41) is 19.7. The zero-order valence-corrected chi connectivity index (χ0v) is 18.1. The summed E-state index contributed by atoms with van der Waals surface area (Å²) in [5.41, 5.74) is 0.336. The minimum atomic E-state index is -4.23. The number of anilines is 1. The van der Waals surface area contributed by atoms with E-state index in [0.29, 0.717) is 27.6 Å². The van der Waals surface area contributed by atoms with E-state index in [1.807, 2.05) is 0 Å². The van der Waals surface area contributed by atoms with Crippen LogP contribution in [0.3, 0.4) is 0 Å². The van der Waals surface area contributed by atoms with Crippen molar-refractivity contribution in [2.75, 3.05) is 11.8 Å². The molecule has 4 aromatic carbocycles. The number of hydrogen-bond acceptors (Lipinski definition) is 5. The van der Waals surface area contributed by atoms with Crippen molar-refractivity contribution in [1.82, 2.24) is 0 Å². The Bertz CT molecular complexity index is 1480. The largest absolute Gasteiger partial charge is 0.508 e. The summed E-state index contributed by atoms with van der Waals surface area (Å²) >= 11 is 0. The summed E-state index contributed by atoms with van der Waals surface area (Å²) in [7, 11) is -2.75. The van der Waals surface area contributed by atoms with Crippen LogP contribution in [0, 0.1) is 5.82 Å². The van der Waals surface area contributed by atoms with Crippen LogP contribution in [0.5, 0.6) is 11.5 Å². The van der Waals surface area contributed by atoms with Crippen molar-refractivity contribution in [3.05, 3.63) is 84.2 Å². The molecule has 0 spiro atoms. The summed E-state index contributed by atoms with van der Waals surface area (Å²) in [6, 6.07) is 17.4. The highest BCUT2D eigenvalue weighted by atomic mass is 32.2. The van der Waals surface area contributed by atoms with Gasteiger partial charge in [-0.2, -0.15) is 0 Å². The van der Waals surface area contributed by atoms with Gasteiger partial charge in [0.05, 0.1) is 17.6 Å². The number of phenols is 1. The average Bonchev–Trinajstić information content (AvgIpc) is 2.79. The van der Waals surface area contributed by atoms with Crippen LogP contribution < -0.4 is 9.46 Å². The van der Waals surface area contributed by atoms with Gasteiger partial charge in [-0.3, -0.25) is 4.72 Å². The molecule has 0 fully saturated rings. The first-order valence-corrected chi connectivity index (χ1v) is 11.1. The van der Waals surface area contributed by atoms with Crippen LogP contribution >= 0.6 is 0 Å². The van der Waals surface area contributed by atoms with Crippen molar-refractivity contribution >= 4 is 32.5 Å². The smallest absolute Gasteiger partial charge is 0.338 e. The number of halogens is 1. The number of sulfonamides is 1. The van der Waals surface area contributed by atoms with E-state index >= 15 is 0 Å².